The summed E-state index contributed by atoms with van der Waals surface area (Å²) in [5.41, 5.74) is 0. The van der Waals surface area contributed by atoms with E-state index in [2.05, 4.69) is 0 Å². The first-order chi connectivity index (χ1) is 6.97. The summed E-state index contributed by atoms with van der Waals surface area (Å²) in [6, 6.07) is 0. The molecule has 0 rings (SSSR count). The molecule has 1 unspecified atom stereocenters. The molecule has 1 atom stereocenters. The number of halogens is 1. The zero-order valence-electron chi connectivity index (χ0n) is 10.2. The fourth-order valence-electron chi connectivity index (χ4n) is 1.21. The summed E-state index contributed by atoms with van der Waals surface area (Å²) >= 11 is 0. The Balaban J connectivity index is 0. The molecule has 0 spiro atoms. The zero-order valence-corrected chi connectivity index (χ0v) is 12.2. The van der Waals surface area contributed by atoms with Gasteiger partial charge in [-0.3, -0.25) is 4.79 Å². The van der Waals surface area contributed by atoms with Gasteiger partial charge in [0, 0.05) is 13.5 Å². The van der Waals surface area contributed by atoms with Crippen LogP contribution in [0.4, 0.5) is 4.39 Å². The summed E-state index contributed by atoms with van der Waals surface area (Å²) in [5.74, 6) is -1.67. The van der Waals surface area contributed by atoms with Crippen molar-refractivity contribution in [2.75, 3.05) is 13.6 Å². The number of likely N-dealkylation sites (N-methyl/N-ethyl adjacent to an activating group) is 1. The zero-order chi connectivity index (χ0) is 11.8. The van der Waals surface area contributed by atoms with Crippen molar-refractivity contribution in [3.63, 3.8) is 0 Å². The fourth-order valence-corrected chi connectivity index (χ4v) is 1.21. The van der Waals surface area contributed by atoms with Crippen molar-refractivity contribution in [3.05, 3.63) is 0 Å². The minimum Gasteiger partial charge on any atom is -0.548 e. The Morgan fingerprint density at radius 1 is 1.38 bits per heavy atom. The summed E-state index contributed by atoms with van der Waals surface area (Å²) in [7, 11) is 1.37. The van der Waals surface area contributed by atoms with E-state index in [1.165, 1.54) is 7.05 Å². The first kappa shape index (κ1) is 18.2. The third-order valence-corrected chi connectivity index (χ3v) is 2.07. The maximum atomic E-state index is 13.0. The number of amides is 1. The molecule has 4 nitrogen and oxygen atoms in total. The molecule has 1 amide bonds. The largest absolute Gasteiger partial charge is 1.00 e. The number of hydrogen-bond donors (Lipinski definition) is 0. The van der Waals surface area contributed by atoms with Gasteiger partial charge in [-0.2, -0.15) is 0 Å². The second kappa shape index (κ2) is 10.1. The van der Waals surface area contributed by atoms with Gasteiger partial charge in [0.1, 0.15) is 6.17 Å². The van der Waals surface area contributed by atoms with Gasteiger partial charge in [0.2, 0.25) is 5.91 Å². The first-order valence-electron chi connectivity index (χ1n) is 5.05. The van der Waals surface area contributed by atoms with E-state index < -0.39 is 18.7 Å². The Morgan fingerprint density at radius 2 is 1.94 bits per heavy atom. The normalized spacial score (nSPS) is 11.4. The first-order valence-corrected chi connectivity index (χ1v) is 5.05. The van der Waals surface area contributed by atoms with Gasteiger partial charge in [-0.15, -0.1) is 0 Å². The van der Waals surface area contributed by atoms with Crippen molar-refractivity contribution in [1.82, 2.24) is 4.90 Å². The van der Waals surface area contributed by atoms with E-state index >= 15 is 0 Å². The second-order valence-corrected chi connectivity index (χ2v) is 3.55. The van der Waals surface area contributed by atoms with Gasteiger partial charge in [-0.1, -0.05) is 13.3 Å². The molecule has 0 aliphatic heterocycles. The minimum absolute atomic E-state index is 0. The van der Waals surface area contributed by atoms with E-state index in [1.54, 1.807) is 0 Å². The summed E-state index contributed by atoms with van der Waals surface area (Å²) in [4.78, 5) is 22.5. The SMILES string of the molecule is CCCC(F)CCC(=O)N(C)CC(=O)[O-].[Na+]. The maximum absolute atomic E-state index is 13.0. The van der Waals surface area contributed by atoms with Gasteiger partial charge in [-0.05, 0) is 12.8 Å². The number of aliphatic carboxylic acids is 1. The summed E-state index contributed by atoms with van der Waals surface area (Å²) in [6.07, 6.45) is 0.409. The average molecular weight is 241 g/mol. The van der Waals surface area contributed by atoms with Crippen LogP contribution in [0, 0.1) is 0 Å². The molecule has 0 aliphatic rings. The molecule has 88 valence electrons. The van der Waals surface area contributed by atoms with Crippen LogP contribution in [0.25, 0.3) is 0 Å². The van der Waals surface area contributed by atoms with Crippen LogP contribution >= 0.6 is 0 Å². The second-order valence-electron chi connectivity index (χ2n) is 3.55. The molecule has 0 bridgehead atoms. The van der Waals surface area contributed by atoms with Gasteiger partial charge in [-0.25, -0.2) is 4.39 Å². The van der Waals surface area contributed by atoms with E-state index in [4.69, 9.17) is 0 Å². The van der Waals surface area contributed by atoms with Crippen molar-refractivity contribution >= 4 is 11.9 Å². The third-order valence-electron chi connectivity index (χ3n) is 2.07. The number of rotatable bonds is 7. The molecule has 0 aromatic rings. The Labute approximate surface area is 117 Å². The maximum Gasteiger partial charge on any atom is 1.00 e. The standard InChI is InChI=1S/C10H18FNO3.Na/c1-3-4-8(11)5-6-9(13)12(2)7-10(14)15;/h8H,3-7H2,1-2H3,(H,14,15);/q;+1/p-1. The average Bonchev–Trinajstić information content (AvgIpc) is 2.13. The van der Waals surface area contributed by atoms with Crippen LogP contribution in [0.15, 0.2) is 0 Å². The van der Waals surface area contributed by atoms with E-state index in [-0.39, 0.29) is 48.3 Å². The Bertz CT molecular complexity index is 226. The van der Waals surface area contributed by atoms with Crippen molar-refractivity contribution in [2.24, 2.45) is 0 Å². The summed E-state index contributed by atoms with van der Waals surface area (Å²) < 4.78 is 13.0. The molecule has 0 saturated carbocycles. The molecule has 6 heteroatoms. The molecular weight excluding hydrogens is 224 g/mol. The van der Waals surface area contributed by atoms with Crippen LogP contribution < -0.4 is 34.7 Å². The van der Waals surface area contributed by atoms with Crippen LogP contribution in [-0.2, 0) is 9.59 Å². The number of carbonyl (C=O) groups excluding carboxylic acids is 2. The Kier molecular flexibility index (Phi) is 11.5. The van der Waals surface area contributed by atoms with Crippen LogP contribution in [0.1, 0.15) is 32.6 Å². The number of alkyl halides is 1. The number of nitrogens with zero attached hydrogens (tertiary/aromatic N) is 1. The van der Waals surface area contributed by atoms with Gasteiger partial charge in [0.05, 0.1) is 12.5 Å². The van der Waals surface area contributed by atoms with Crippen LogP contribution in [0.3, 0.4) is 0 Å². The van der Waals surface area contributed by atoms with E-state index in [9.17, 15) is 19.1 Å². The predicted molar refractivity (Wildman–Crippen MR) is 51.7 cm³/mol. The van der Waals surface area contributed by atoms with Crippen molar-refractivity contribution in [3.8, 4) is 0 Å². The third kappa shape index (κ3) is 9.12. The van der Waals surface area contributed by atoms with Crippen LogP contribution in [0.2, 0.25) is 0 Å². The van der Waals surface area contributed by atoms with E-state index in [1.807, 2.05) is 6.92 Å². The fraction of sp³-hybridized carbons (Fsp3) is 0.800. The monoisotopic (exact) mass is 241 g/mol. The quantitative estimate of drug-likeness (QED) is 0.450. The summed E-state index contributed by atoms with van der Waals surface area (Å²) in [5, 5.41) is 10.2. The summed E-state index contributed by atoms with van der Waals surface area (Å²) in [6.45, 7) is 1.43. The predicted octanol–water partition coefficient (Wildman–Crippen LogP) is -2.88. The van der Waals surface area contributed by atoms with Crippen LogP contribution in [-0.4, -0.2) is 36.5 Å². The Hall–Kier alpha value is -0.130. The van der Waals surface area contributed by atoms with Gasteiger partial charge in [0.15, 0.2) is 0 Å². The molecule has 0 radical (unpaired) electrons. The van der Waals surface area contributed by atoms with Gasteiger partial charge >= 0.3 is 29.6 Å². The topological polar surface area (TPSA) is 60.4 Å². The number of hydrogen-bond acceptors (Lipinski definition) is 3. The van der Waals surface area contributed by atoms with Crippen molar-refractivity contribution in [1.29, 1.82) is 0 Å². The molecule has 0 heterocycles. The molecular formula is C10H17FNNaO3. The smallest absolute Gasteiger partial charge is 0.548 e. The number of carbonyl (C=O) groups is 2. The molecule has 0 N–H and O–H groups in total. The van der Waals surface area contributed by atoms with Gasteiger partial charge < -0.3 is 14.8 Å². The minimum atomic E-state index is -1.31. The number of carboxylic acid groups (broad SMARTS) is 1. The molecule has 0 aliphatic carbocycles. The van der Waals surface area contributed by atoms with Crippen molar-refractivity contribution in [2.45, 2.75) is 38.8 Å². The van der Waals surface area contributed by atoms with E-state index in [0.717, 1.165) is 11.3 Å². The number of carboxylic acids is 1. The molecule has 0 saturated heterocycles. The Morgan fingerprint density at radius 3 is 2.38 bits per heavy atom. The molecule has 16 heavy (non-hydrogen) atoms. The van der Waals surface area contributed by atoms with E-state index in [0.29, 0.717) is 6.42 Å². The van der Waals surface area contributed by atoms with Crippen LogP contribution in [0.5, 0.6) is 0 Å². The molecule has 0 aromatic carbocycles. The molecule has 0 fully saturated rings. The van der Waals surface area contributed by atoms with Crippen molar-refractivity contribution < 1.29 is 48.6 Å². The molecule has 0 aromatic heterocycles. The van der Waals surface area contributed by atoms with Gasteiger partial charge in [0.25, 0.3) is 0 Å².